The third kappa shape index (κ3) is 3.96. The van der Waals surface area contributed by atoms with Crippen LogP contribution in [0.4, 0.5) is 4.79 Å². The Morgan fingerprint density at radius 2 is 2.11 bits per heavy atom. The van der Waals surface area contributed by atoms with Crippen molar-refractivity contribution in [3.8, 4) is 0 Å². The van der Waals surface area contributed by atoms with Gasteiger partial charge in [-0.3, -0.25) is 0 Å². The van der Waals surface area contributed by atoms with Crippen LogP contribution in [0.5, 0.6) is 0 Å². The summed E-state index contributed by atoms with van der Waals surface area (Å²) in [4.78, 5) is 14.2. The minimum Gasteiger partial charge on any atom is -0.334 e. The number of carbonyl (C=O) groups excluding carboxylic acids is 1. The highest BCUT2D eigenvalue weighted by Gasteiger charge is 2.25. The molecule has 104 valence electrons. The lowest BCUT2D eigenvalue weighted by molar-refractivity contribution is 0.150. The molecule has 1 aliphatic rings. The number of likely N-dealkylation sites (N-methyl/N-ethyl adjacent to an activating group) is 1. The fourth-order valence-electron chi connectivity index (χ4n) is 2.59. The van der Waals surface area contributed by atoms with Crippen LogP contribution in [0, 0.1) is 0 Å². The zero-order chi connectivity index (χ0) is 13.5. The van der Waals surface area contributed by atoms with Crippen molar-refractivity contribution in [2.75, 3.05) is 20.1 Å². The molecule has 1 aromatic carbocycles. The lowest BCUT2D eigenvalue weighted by Crippen LogP contribution is -2.51. The number of rotatable bonds is 4. The Morgan fingerprint density at radius 3 is 2.84 bits per heavy atom. The van der Waals surface area contributed by atoms with E-state index in [-0.39, 0.29) is 6.03 Å². The number of carbonyl (C=O) groups is 1. The average molecular weight is 261 g/mol. The van der Waals surface area contributed by atoms with Crippen molar-refractivity contribution in [1.29, 1.82) is 0 Å². The van der Waals surface area contributed by atoms with Crippen molar-refractivity contribution in [2.45, 2.75) is 31.8 Å². The van der Waals surface area contributed by atoms with Crippen molar-refractivity contribution in [3.63, 3.8) is 0 Å². The molecule has 1 heterocycles. The summed E-state index contributed by atoms with van der Waals surface area (Å²) in [5, 5.41) is 6.19. The van der Waals surface area contributed by atoms with Gasteiger partial charge in [0.1, 0.15) is 0 Å². The van der Waals surface area contributed by atoms with Crippen LogP contribution >= 0.6 is 0 Å². The quantitative estimate of drug-likeness (QED) is 0.870. The van der Waals surface area contributed by atoms with Crippen LogP contribution in [-0.4, -0.2) is 37.1 Å². The van der Waals surface area contributed by atoms with E-state index in [0.29, 0.717) is 12.6 Å². The normalized spacial score (nSPS) is 19.2. The van der Waals surface area contributed by atoms with Crippen LogP contribution in [-0.2, 0) is 6.54 Å². The van der Waals surface area contributed by atoms with E-state index in [2.05, 4.69) is 10.6 Å². The number of urea groups is 1. The number of nitrogens with one attached hydrogen (secondary N) is 2. The Labute approximate surface area is 115 Å². The highest BCUT2D eigenvalue weighted by molar-refractivity contribution is 5.74. The molecule has 0 bridgehead atoms. The molecule has 19 heavy (non-hydrogen) atoms. The van der Waals surface area contributed by atoms with E-state index < -0.39 is 0 Å². The van der Waals surface area contributed by atoms with Gasteiger partial charge in [0.2, 0.25) is 0 Å². The van der Waals surface area contributed by atoms with Crippen LogP contribution in [0.15, 0.2) is 30.3 Å². The lowest BCUT2D eigenvalue weighted by atomic mass is 10.0. The van der Waals surface area contributed by atoms with Gasteiger partial charge in [-0.15, -0.1) is 0 Å². The zero-order valence-electron chi connectivity index (χ0n) is 11.6. The standard InChI is InChI=1S/C15H23N3O/c1-16-12-14-9-5-6-10-18(14)15(19)17-11-13-7-3-2-4-8-13/h2-4,7-8,14,16H,5-6,9-12H2,1H3,(H,17,19). The molecule has 1 saturated heterocycles. The van der Waals surface area contributed by atoms with Gasteiger partial charge in [0.15, 0.2) is 0 Å². The van der Waals surface area contributed by atoms with E-state index in [0.717, 1.165) is 31.5 Å². The minimum atomic E-state index is 0.0591. The molecule has 1 aromatic rings. The van der Waals surface area contributed by atoms with Crippen molar-refractivity contribution in [3.05, 3.63) is 35.9 Å². The third-order valence-electron chi connectivity index (χ3n) is 3.61. The zero-order valence-corrected chi connectivity index (χ0v) is 11.6. The van der Waals surface area contributed by atoms with E-state index >= 15 is 0 Å². The Bertz CT molecular complexity index is 392. The fraction of sp³-hybridized carbons (Fsp3) is 0.533. The van der Waals surface area contributed by atoms with Crippen LogP contribution in [0.1, 0.15) is 24.8 Å². The van der Waals surface area contributed by atoms with Crippen molar-refractivity contribution in [2.24, 2.45) is 0 Å². The number of likely N-dealkylation sites (tertiary alicyclic amines) is 1. The summed E-state index contributed by atoms with van der Waals surface area (Å²) < 4.78 is 0. The minimum absolute atomic E-state index is 0.0591. The summed E-state index contributed by atoms with van der Waals surface area (Å²) in [5.41, 5.74) is 1.14. The van der Waals surface area contributed by atoms with Gasteiger partial charge in [0.25, 0.3) is 0 Å². The second-order valence-corrected chi connectivity index (χ2v) is 5.04. The van der Waals surface area contributed by atoms with E-state index in [1.807, 2.05) is 42.3 Å². The molecular formula is C15H23N3O. The van der Waals surface area contributed by atoms with Crippen LogP contribution in [0.25, 0.3) is 0 Å². The van der Waals surface area contributed by atoms with Gasteiger partial charge < -0.3 is 15.5 Å². The van der Waals surface area contributed by atoms with Gasteiger partial charge in [-0.05, 0) is 31.9 Å². The van der Waals surface area contributed by atoms with Crippen molar-refractivity contribution in [1.82, 2.24) is 15.5 Å². The molecule has 1 fully saturated rings. The number of hydrogen-bond donors (Lipinski definition) is 2. The summed E-state index contributed by atoms with van der Waals surface area (Å²) in [6.45, 7) is 2.34. The third-order valence-corrected chi connectivity index (χ3v) is 3.61. The predicted octanol–water partition coefficient (Wildman–Crippen LogP) is 1.97. The molecule has 0 spiro atoms. The SMILES string of the molecule is CNCC1CCCCN1C(=O)NCc1ccccc1. The van der Waals surface area contributed by atoms with Crippen molar-refractivity contribution < 1.29 is 4.79 Å². The van der Waals surface area contributed by atoms with Gasteiger partial charge in [-0.1, -0.05) is 30.3 Å². The molecule has 0 radical (unpaired) electrons. The van der Waals surface area contributed by atoms with Crippen LogP contribution in [0.2, 0.25) is 0 Å². The first kappa shape index (κ1) is 13.9. The number of nitrogens with zero attached hydrogens (tertiary/aromatic N) is 1. The first-order chi connectivity index (χ1) is 9.31. The maximum Gasteiger partial charge on any atom is 0.317 e. The van der Waals surface area contributed by atoms with Gasteiger partial charge in [-0.25, -0.2) is 4.79 Å². The molecule has 4 nitrogen and oxygen atoms in total. The molecule has 0 aromatic heterocycles. The van der Waals surface area contributed by atoms with Crippen LogP contribution in [0.3, 0.4) is 0 Å². The van der Waals surface area contributed by atoms with Crippen molar-refractivity contribution >= 4 is 6.03 Å². The van der Waals surface area contributed by atoms with Crippen LogP contribution < -0.4 is 10.6 Å². The summed E-state index contributed by atoms with van der Waals surface area (Å²) in [6, 6.07) is 10.4. The number of piperidine rings is 1. The highest BCUT2D eigenvalue weighted by Crippen LogP contribution is 2.16. The fourth-order valence-corrected chi connectivity index (χ4v) is 2.59. The number of hydrogen-bond acceptors (Lipinski definition) is 2. The molecule has 2 amide bonds. The summed E-state index contributed by atoms with van der Waals surface area (Å²) in [6.07, 6.45) is 3.42. The first-order valence-corrected chi connectivity index (χ1v) is 7.04. The average Bonchev–Trinajstić information content (AvgIpc) is 2.47. The molecule has 2 N–H and O–H groups in total. The van der Waals surface area contributed by atoms with Gasteiger partial charge in [-0.2, -0.15) is 0 Å². The maximum atomic E-state index is 12.2. The molecule has 4 heteroatoms. The topological polar surface area (TPSA) is 44.4 Å². The second-order valence-electron chi connectivity index (χ2n) is 5.04. The molecule has 0 saturated carbocycles. The Balaban J connectivity index is 1.87. The van der Waals surface area contributed by atoms with E-state index in [4.69, 9.17) is 0 Å². The molecule has 0 aliphatic carbocycles. The molecular weight excluding hydrogens is 238 g/mol. The number of benzene rings is 1. The monoisotopic (exact) mass is 261 g/mol. The maximum absolute atomic E-state index is 12.2. The van der Waals surface area contributed by atoms with E-state index in [1.165, 1.54) is 6.42 Å². The summed E-state index contributed by atoms with van der Waals surface area (Å²) >= 11 is 0. The van der Waals surface area contributed by atoms with Gasteiger partial charge in [0, 0.05) is 25.7 Å². The molecule has 1 aliphatic heterocycles. The largest absolute Gasteiger partial charge is 0.334 e. The first-order valence-electron chi connectivity index (χ1n) is 7.04. The molecule has 1 atom stereocenters. The Kier molecular flexibility index (Phi) is 5.21. The predicted molar refractivity (Wildman–Crippen MR) is 76.9 cm³/mol. The Hall–Kier alpha value is -1.55. The summed E-state index contributed by atoms with van der Waals surface area (Å²) in [5.74, 6) is 0. The second kappa shape index (κ2) is 7.14. The smallest absolute Gasteiger partial charge is 0.317 e. The summed E-state index contributed by atoms with van der Waals surface area (Å²) in [7, 11) is 1.94. The molecule has 1 unspecified atom stereocenters. The van der Waals surface area contributed by atoms with E-state index in [9.17, 15) is 4.79 Å². The van der Waals surface area contributed by atoms with Gasteiger partial charge in [0.05, 0.1) is 0 Å². The lowest BCUT2D eigenvalue weighted by Gasteiger charge is -2.35. The van der Waals surface area contributed by atoms with E-state index in [1.54, 1.807) is 0 Å². The van der Waals surface area contributed by atoms with Gasteiger partial charge >= 0.3 is 6.03 Å². The highest BCUT2D eigenvalue weighted by atomic mass is 16.2. The number of amides is 2. The Morgan fingerprint density at radius 1 is 1.32 bits per heavy atom. The molecule has 2 rings (SSSR count).